The number of nitrogens with zero attached hydrogens (tertiary/aromatic N) is 4. The number of hydroxylamine groups is 1. The predicted octanol–water partition coefficient (Wildman–Crippen LogP) is 3.75. The molecule has 2 aromatic heterocycles. The number of nitrogens with two attached hydrogens (primary N) is 1. The van der Waals surface area contributed by atoms with Crippen molar-refractivity contribution in [3.05, 3.63) is 55.0 Å². The van der Waals surface area contributed by atoms with Crippen molar-refractivity contribution in [1.82, 2.24) is 19.4 Å². The van der Waals surface area contributed by atoms with Crippen molar-refractivity contribution in [1.29, 1.82) is 0 Å². The van der Waals surface area contributed by atoms with Crippen LogP contribution < -0.4 is 5.73 Å². The van der Waals surface area contributed by atoms with E-state index < -0.39 is 43.8 Å². The summed E-state index contributed by atoms with van der Waals surface area (Å²) >= 11 is 0. The van der Waals surface area contributed by atoms with Gasteiger partial charge in [0.2, 0.25) is 5.95 Å². The Morgan fingerprint density at radius 3 is 2.06 bits per heavy atom. The van der Waals surface area contributed by atoms with E-state index >= 15 is 0 Å². The molecule has 0 bridgehead atoms. The van der Waals surface area contributed by atoms with E-state index in [1.807, 2.05) is 0 Å². The zero-order valence-electron chi connectivity index (χ0n) is 17.9. The highest BCUT2D eigenvalue weighted by Gasteiger charge is 2.52. The molecule has 192 valence electrons. The van der Waals surface area contributed by atoms with Gasteiger partial charge in [-0.05, 0) is 23.5 Å². The predicted molar refractivity (Wildman–Crippen MR) is 112 cm³/mol. The van der Waals surface area contributed by atoms with E-state index in [1.165, 1.54) is 42.9 Å². The first-order valence-electron chi connectivity index (χ1n) is 9.66. The topological polar surface area (TPSA) is 128 Å². The summed E-state index contributed by atoms with van der Waals surface area (Å²) in [6, 6.07) is 4.16. The highest BCUT2D eigenvalue weighted by Crippen LogP contribution is 2.35. The number of benzene rings is 1. The normalized spacial score (nSPS) is 13.4. The minimum absolute atomic E-state index is 0.0124. The number of hydrogen-bond donors (Lipinski definition) is 1. The Bertz CT molecular complexity index is 1350. The van der Waals surface area contributed by atoms with Crippen LogP contribution in [0.4, 0.5) is 32.3 Å². The lowest BCUT2D eigenvalue weighted by atomic mass is 10.1. The van der Waals surface area contributed by atoms with Gasteiger partial charge in [-0.15, -0.1) is 0 Å². The summed E-state index contributed by atoms with van der Waals surface area (Å²) in [6.07, 6.45) is -7.22. The molecule has 1 aromatic carbocycles. The average Bonchev–Trinajstić information content (AvgIpc) is 2.81. The van der Waals surface area contributed by atoms with Crippen molar-refractivity contribution in [3.8, 4) is 22.4 Å². The molecule has 2 heterocycles. The molecule has 0 radical (unpaired) electrons. The maximum atomic E-state index is 13.3. The summed E-state index contributed by atoms with van der Waals surface area (Å²) in [5, 5.41) is 0. The fourth-order valence-electron chi connectivity index (χ4n) is 2.81. The molecule has 0 aliphatic heterocycles. The molecular weight excluding hydrogens is 520 g/mol. The van der Waals surface area contributed by atoms with E-state index in [0.29, 0.717) is 11.3 Å². The van der Waals surface area contributed by atoms with Crippen LogP contribution in [0.3, 0.4) is 0 Å². The second-order valence-corrected chi connectivity index (χ2v) is 8.86. The second-order valence-electron chi connectivity index (χ2n) is 7.11. The van der Waals surface area contributed by atoms with E-state index in [1.54, 1.807) is 0 Å². The number of pyridine rings is 1. The number of aromatic nitrogens is 3. The van der Waals surface area contributed by atoms with E-state index in [4.69, 9.17) is 5.73 Å². The molecule has 0 saturated heterocycles. The van der Waals surface area contributed by atoms with Gasteiger partial charge >= 0.3 is 18.3 Å². The van der Waals surface area contributed by atoms with Crippen LogP contribution >= 0.6 is 0 Å². The zero-order valence-corrected chi connectivity index (χ0v) is 18.8. The number of carbonyl (C=O) groups excluding carboxylic acids is 1. The summed E-state index contributed by atoms with van der Waals surface area (Å²) in [7, 11) is -5.48. The molecule has 0 aliphatic carbocycles. The number of alkyl halides is 6. The molecule has 1 atom stereocenters. The molecule has 0 amide bonds. The van der Waals surface area contributed by atoms with Crippen LogP contribution in [0.25, 0.3) is 22.4 Å². The molecule has 0 saturated carbocycles. The Kier molecular flexibility index (Phi) is 7.22. The fraction of sp³-hybridized carbons (Fsp3) is 0.200. The van der Waals surface area contributed by atoms with Gasteiger partial charge in [0.25, 0.3) is 10.0 Å². The number of anilines is 1. The first-order chi connectivity index (χ1) is 16.6. The maximum absolute atomic E-state index is 13.3. The van der Waals surface area contributed by atoms with E-state index in [-0.39, 0.29) is 24.0 Å². The minimum atomic E-state index is -5.76. The molecule has 16 heteroatoms. The zero-order chi connectivity index (χ0) is 26.9. The van der Waals surface area contributed by atoms with Crippen molar-refractivity contribution in [2.45, 2.75) is 30.2 Å². The molecule has 3 aromatic rings. The van der Waals surface area contributed by atoms with Crippen LogP contribution in [-0.2, 0) is 19.7 Å². The van der Waals surface area contributed by atoms with E-state index in [2.05, 4.69) is 19.8 Å². The maximum Gasteiger partial charge on any atom is 0.492 e. The molecule has 36 heavy (non-hydrogen) atoms. The molecule has 0 aliphatic rings. The second kappa shape index (κ2) is 9.69. The number of hydrogen-bond acceptors (Lipinski definition) is 8. The van der Waals surface area contributed by atoms with Crippen molar-refractivity contribution < 1.29 is 44.4 Å². The Balaban J connectivity index is 2.07. The van der Waals surface area contributed by atoms with Crippen LogP contribution in [0.1, 0.15) is 6.92 Å². The van der Waals surface area contributed by atoms with Gasteiger partial charge in [0, 0.05) is 35.3 Å². The molecular formula is C20H15F6N5O4S. The molecule has 0 spiro atoms. The fourth-order valence-corrected chi connectivity index (χ4v) is 4.42. The third kappa shape index (κ3) is 5.71. The Hall–Kier alpha value is -3.79. The number of nitrogen functional groups attached to an aromatic ring is 1. The van der Waals surface area contributed by atoms with E-state index in [0.717, 1.165) is 12.1 Å². The standard InChI is InChI=1S/C20H15F6N5O4S/c1-11(19(21,22)23)31(35-17(32)20(24,25)26)36(33,34)16-5-3-2-4-14(16)12-6-7-15(28-8-12)13-9-29-18(27)30-10-13/h2-11H,1H3,(H2,27,29,30)/t11-/m0/s1. The van der Waals surface area contributed by atoms with Crippen LogP contribution in [0.15, 0.2) is 59.9 Å². The van der Waals surface area contributed by atoms with Crippen molar-refractivity contribution >= 4 is 21.9 Å². The van der Waals surface area contributed by atoms with Gasteiger partial charge in [0.1, 0.15) is 0 Å². The van der Waals surface area contributed by atoms with Gasteiger partial charge in [-0.2, -0.15) is 26.3 Å². The lowest BCUT2D eigenvalue weighted by Gasteiger charge is -2.28. The average molecular weight is 535 g/mol. The molecule has 9 nitrogen and oxygen atoms in total. The highest BCUT2D eigenvalue weighted by molar-refractivity contribution is 7.89. The van der Waals surface area contributed by atoms with Gasteiger partial charge in [0.15, 0.2) is 6.04 Å². The van der Waals surface area contributed by atoms with Crippen molar-refractivity contribution in [3.63, 3.8) is 0 Å². The van der Waals surface area contributed by atoms with Gasteiger partial charge in [0.05, 0.1) is 10.6 Å². The van der Waals surface area contributed by atoms with Crippen LogP contribution in [0.2, 0.25) is 0 Å². The number of halogens is 6. The van der Waals surface area contributed by atoms with Gasteiger partial charge in [-0.1, -0.05) is 24.3 Å². The Labute approximate surface area is 199 Å². The monoisotopic (exact) mass is 535 g/mol. The Morgan fingerprint density at radius 2 is 1.53 bits per heavy atom. The SMILES string of the molecule is C[C@H](N(OC(=O)C(F)(F)F)S(=O)(=O)c1ccccc1-c1ccc(-c2cnc(N)nc2)nc1)C(F)(F)F. The van der Waals surface area contributed by atoms with Gasteiger partial charge in [-0.25, -0.2) is 23.2 Å². The lowest BCUT2D eigenvalue weighted by Crippen LogP contribution is -2.49. The number of carbonyl (C=O) groups is 1. The van der Waals surface area contributed by atoms with Crippen molar-refractivity contribution in [2.24, 2.45) is 0 Å². The summed E-state index contributed by atoms with van der Waals surface area (Å²) in [5.41, 5.74) is 6.07. The first kappa shape index (κ1) is 26.8. The summed E-state index contributed by atoms with van der Waals surface area (Å²) in [4.78, 5) is 25.9. The number of rotatable bonds is 6. The van der Waals surface area contributed by atoms with Crippen LogP contribution in [0.5, 0.6) is 0 Å². The quantitative estimate of drug-likeness (QED) is 0.373. The molecule has 3 rings (SSSR count). The van der Waals surface area contributed by atoms with E-state index in [9.17, 15) is 39.6 Å². The first-order valence-corrected chi connectivity index (χ1v) is 11.1. The molecule has 0 fully saturated rings. The Morgan fingerprint density at radius 1 is 0.944 bits per heavy atom. The van der Waals surface area contributed by atoms with Crippen LogP contribution in [-0.4, -0.2) is 52.2 Å². The number of sulfonamides is 1. The third-order valence-corrected chi connectivity index (χ3v) is 6.41. The largest absolute Gasteiger partial charge is 0.492 e. The van der Waals surface area contributed by atoms with Crippen LogP contribution in [0, 0.1) is 0 Å². The molecule has 2 N–H and O–H groups in total. The highest BCUT2D eigenvalue weighted by atomic mass is 32.2. The van der Waals surface area contributed by atoms with Gasteiger partial charge in [-0.3, -0.25) is 4.98 Å². The molecule has 0 unspecified atom stereocenters. The van der Waals surface area contributed by atoms with Crippen molar-refractivity contribution in [2.75, 3.05) is 5.73 Å². The smallest absolute Gasteiger partial charge is 0.368 e. The summed E-state index contributed by atoms with van der Waals surface area (Å²) < 4.78 is 103. The minimum Gasteiger partial charge on any atom is -0.368 e. The third-order valence-electron chi connectivity index (χ3n) is 4.64. The summed E-state index contributed by atoms with van der Waals surface area (Å²) in [5.74, 6) is -3.13. The van der Waals surface area contributed by atoms with Gasteiger partial charge < -0.3 is 10.6 Å². The lowest BCUT2D eigenvalue weighted by molar-refractivity contribution is -0.253. The summed E-state index contributed by atoms with van der Waals surface area (Å²) in [6.45, 7) is 0.231.